The van der Waals surface area contributed by atoms with E-state index in [0.29, 0.717) is 21.3 Å². The number of ketones is 1. The van der Waals surface area contributed by atoms with Gasteiger partial charge >= 0.3 is 0 Å². The molecule has 0 amide bonds. The molecule has 0 fully saturated rings. The topological polar surface area (TPSA) is 42.9 Å². The molecule has 0 bridgehead atoms. The van der Waals surface area contributed by atoms with E-state index in [1.165, 1.54) is 23.5 Å². The lowest BCUT2D eigenvalue weighted by atomic mass is 10.1. The molecule has 0 aliphatic heterocycles. The molecule has 0 aliphatic carbocycles. The van der Waals surface area contributed by atoms with Crippen LogP contribution in [0, 0.1) is 0 Å². The summed E-state index contributed by atoms with van der Waals surface area (Å²) in [5, 5.41) is 1.38. The number of nitrogens with zero attached hydrogens (tertiary/aromatic N) is 2. The predicted octanol–water partition coefficient (Wildman–Crippen LogP) is 3.80. The van der Waals surface area contributed by atoms with Gasteiger partial charge < -0.3 is 0 Å². The molecule has 0 unspecified atom stereocenters. The Balaban J connectivity index is 2.53. The Labute approximate surface area is 125 Å². The average Bonchev–Trinajstić information content (AvgIpc) is 2.46. The van der Waals surface area contributed by atoms with Gasteiger partial charge in [-0.25, -0.2) is 9.97 Å². The highest BCUT2D eigenvalue weighted by Gasteiger charge is 2.20. The molecule has 3 nitrogen and oxygen atoms in total. The summed E-state index contributed by atoms with van der Waals surface area (Å²) in [5.74, 6) is -0.150. The number of thioether (sulfide) groups is 2. The summed E-state index contributed by atoms with van der Waals surface area (Å²) in [5.41, 5.74) is 0.957. The number of carbonyl (C=O) groups excluding carboxylic acids is 1. The van der Waals surface area contributed by atoms with Crippen molar-refractivity contribution in [1.82, 2.24) is 9.97 Å². The summed E-state index contributed by atoms with van der Waals surface area (Å²) < 4.78 is 0. The van der Waals surface area contributed by atoms with Crippen LogP contribution in [0.2, 0.25) is 5.15 Å². The molecule has 1 heterocycles. The number of benzene rings is 1. The highest BCUT2D eigenvalue weighted by Crippen LogP contribution is 2.28. The molecule has 0 spiro atoms. The van der Waals surface area contributed by atoms with E-state index < -0.39 is 0 Å². The van der Waals surface area contributed by atoms with E-state index in [1.54, 1.807) is 12.1 Å². The van der Waals surface area contributed by atoms with E-state index in [4.69, 9.17) is 11.6 Å². The van der Waals surface area contributed by atoms with Crippen molar-refractivity contribution >= 4 is 40.9 Å². The number of carbonyl (C=O) groups is 1. The molecule has 2 aromatic rings. The first-order valence-electron chi connectivity index (χ1n) is 5.42. The molecule has 0 saturated heterocycles. The average molecular weight is 311 g/mol. The Morgan fingerprint density at radius 3 is 2.37 bits per heavy atom. The smallest absolute Gasteiger partial charge is 0.198 e. The van der Waals surface area contributed by atoms with Crippen molar-refractivity contribution in [3.8, 4) is 0 Å². The fourth-order valence-electron chi connectivity index (χ4n) is 1.56. The van der Waals surface area contributed by atoms with Gasteiger partial charge in [0, 0.05) is 5.56 Å². The molecule has 0 N–H and O–H groups in total. The first-order valence-corrected chi connectivity index (χ1v) is 8.25. The molecular weight excluding hydrogens is 300 g/mol. The molecule has 98 valence electrons. The first-order chi connectivity index (χ1) is 9.17. The highest BCUT2D eigenvalue weighted by atomic mass is 35.5. The van der Waals surface area contributed by atoms with Gasteiger partial charge in [-0.15, -0.1) is 11.8 Å². The van der Waals surface area contributed by atoms with Gasteiger partial charge in [-0.1, -0.05) is 53.7 Å². The zero-order valence-corrected chi connectivity index (χ0v) is 12.8. The third-order valence-electron chi connectivity index (χ3n) is 2.45. The van der Waals surface area contributed by atoms with Gasteiger partial charge in [0.2, 0.25) is 0 Å². The number of aromatic nitrogens is 2. The quantitative estimate of drug-likeness (QED) is 0.372. The zero-order chi connectivity index (χ0) is 13.8. The van der Waals surface area contributed by atoms with E-state index in [0.717, 1.165) is 0 Å². The summed E-state index contributed by atoms with van der Waals surface area (Å²) in [6.07, 6.45) is 3.74. The van der Waals surface area contributed by atoms with Crippen molar-refractivity contribution in [3.05, 3.63) is 46.6 Å². The van der Waals surface area contributed by atoms with Crippen LogP contribution in [-0.2, 0) is 0 Å². The zero-order valence-electron chi connectivity index (χ0n) is 10.4. The van der Waals surface area contributed by atoms with E-state index in [-0.39, 0.29) is 10.9 Å². The minimum Gasteiger partial charge on any atom is -0.288 e. The van der Waals surface area contributed by atoms with Gasteiger partial charge in [-0.05, 0) is 12.5 Å². The molecule has 19 heavy (non-hydrogen) atoms. The maximum absolute atomic E-state index is 12.5. The third-order valence-corrected chi connectivity index (χ3v) is 3.95. The van der Waals surface area contributed by atoms with Crippen LogP contribution in [0.15, 0.2) is 40.5 Å². The molecule has 0 atom stereocenters. The second-order valence-electron chi connectivity index (χ2n) is 3.58. The van der Waals surface area contributed by atoms with E-state index >= 15 is 0 Å². The molecule has 0 saturated carbocycles. The fraction of sp³-hybridized carbons (Fsp3) is 0.154. The van der Waals surface area contributed by atoms with Crippen LogP contribution in [0.25, 0.3) is 0 Å². The van der Waals surface area contributed by atoms with Crippen molar-refractivity contribution in [3.63, 3.8) is 0 Å². The predicted molar refractivity (Wildman–Crippen MR) is 80.5 cm³/mol. The van der Waals surface area contributed by atoms with Crippen LogP contribution < -0.4 is 0 Å². The molecule has 0 radical (unpaired) electrons. The SMILES string of the molecule is CSc1nc(Cl)c(C(=O)c2ccccc2)c(SC)n1. The lowest BCUT2D eigenvalue weighted by molar-refractivity contribution is 0.103. The second kappa shape index (κ2) is 6.41. The van der Waals surface area contributed by atoms with E-state index in [1.807, 2.05) is 30.7 Å². The monoisotopic (exact) mass is 310 g/mol. The van der Waals surface area contributed by atoms with Gasteiger partial charge in [0.15, 0.2) is 10.9 Å². The lowest BCUT2D eigenvalue weighted by Crippen LogP contribution is -2.07. The Morgan fingerprint density at radius 1 is 1.11 bits per heavy atom. The Morgan fingerprint density at radius 2 is 1.79 bits per heavy atom. The van der Waals surface area contributed by atoms with Crippen molar-refractivity contribution in [1.29, 1.82) is 0 Å². The normalized spacial score (nSPS) is 10.5. The van der Waals surface area contributed by atoms with Crippen LogP contribution in [0.5, 0.6) is 0 Å². The Bertz CT molecular complexity index is 605. The van der Waals surface area contributed by atoms with Crippen LogP contribution in [-0.4, -0.2) is 28.3 Å². The van der Waals surface area contributed by atoms with Crippen LogP contribution in [0.3, 0.4) is 0 Å². The third kappa shape index (κ3) is 3.11. The summed E-state index contributed by atoms with van der Waals surface area (Å²) in [6, 6.07) is 9.01. The second-order valence-corrected chi connectivity index (χ2v) is 5.51. The summed E-state index contributed by atoms with van der Waals surface area (Å²) >= 11 is 8.93. The van der Waals surface area contributed by atoms with Crippen molar-refractivity contribution < 1.29 is 4.79 Å². The van der Waals surface area contributed by atoms with Gasteiger partial charge in [0.05, 0.1) is 5.56 Å². The molecular formula is C13H11ClN2OS2. The highest BCUT2D eigenvalue weighted by molar-refractivity contribution is 7.99. The first kappa shape index (κ1) is 14.4. The standard InChI is InChI=1S/C13H11ClN2OS2/c1-18-12-9(11(14)15-13(16-12)19-2)10(17)8-6-4-3-5-7-8/h3-7H,1-2H3. The summed E-state index contributed by atoms with van der Waals surface area (Å²) in [6.45, 7) is 0. The van der Waals surface area contributed by atoms with Crippen molar-refractivity contribution in [2.24, 2.45) is 0 Å². The van der Waals surface area contributed by atoms with E-state index in [2.05, 4.69) is 9.97 Å². The molecule has 2 rings (SSSR count). The van der Waals surface area contributed by atoms with Gasteiger partial charge in [0.25, 0.3) is 0 Å². The van der Waals surface area contributed by atoms with Gasteiger partial charge in [-0.3, -0.25) is 4.79 Å². The minimum absolute atomic E-state index is 0.150. The number of hydrogen-bond donors (Lipinski definition) is 0. The summed E-state index contributed by atoms with van der Waals surface area (Å²) in [4.78, 5) is 20.9. The number of halogens is 1. The largest absolute Gasteiger partial charge is 0.288 e. The van der Waals surface area contributed by atoms with Crippen LogP contribution in [0.1, 0.15) is 15.9 Å². The maximum Gasteiger partial charge on any atom is 0.198 e. The minimum atomic E-state index is -0.150. The van der Waals surface area contributed by atoms with Gasteiger partial charge in [0.1, 0.15) is 10.2 Å². The number of hydrogen-bond acceptors (Lipinski definition) is 5. The Hall–Kier alpha value is -1.04. The number of rotatable bonds is 4. The van der Waals surface area contributed by atoms with Crippen molar-refractivity contribution in [2.45, 2.75) is 10.2 Å². The van der Waals surface area contributed by atoms with Gasteiger partial charge in [-0.2, -0.15) is 0 Å². The fourth-order valence-corrected chi connectivity index (χ4v) is 2.92. The van der Waals surface area contributed by atoms with Crippen molar-refractivity contribution in [2.75, 3.05) is 12.5 Å². The maximum atomic E-state index is 12.5. The Kier molecular flexibility index (Phi) is 4.85. The molecule has 6 heteroatoms. The lowest BCUT2D eigenvalue weighted by Gasteiger charge is -2.08. The van der Waals surface area contributed by atoms with Crippen LogP contribution >= 0.6 is 35.1 Å². The molecule has 1 aromatic heterocycles. The molecule has 0 aliphatic rings. The summed E-state index contributed by atoms with van der Waals surface area (Å²) in [7, 11) is 0. The molecule has 1 aromatic carbocycles. The van der Waals surface area contributed by atoms with E-state index in [9.17, 15) is 4.79 Å². The van der Waals surface area contributed by atoms with Crippen LogP contribution in [0.4, 0.5) is 0 Å².